The highest BCUT2D eigenvalue weighted by Gasteiger charge is 2.19. The average Bonchev–Trinajstić information content (AvgIpc) is 2.32. The Morgan fingerprint density at radius 3 is 2.00 bits per heavy atom. The molecule has 0 aliphatic rings. The van der Waals surface area contributed by atoms with Crippen LogP contribution in [0.15, 0.2) is 0 Å². The fourth-order valence-electron chi connectivity index (χ4n) is 2.58. The van der Waals surface area contributed by atoms with Crippen LogP contribution in [0.3, 0.4) is 0 Å². The van der Waals surface area contributed by atoms with Crippen LogP contribution in [0.1, 0.15) is 58.3 Å². The second-order valence-corrected chi connectivity index (χ2v) is 6.43. The lowest BCUT2D eigenvalue weighted by Crippen LogP contribution is -2.47. The summed E-state index contributed by atoms with van der Waals surface area (Å²) in [6.07, 6.45) is 10.5. The first kappa shape index (κ1) is 18.9. The number of methoxy groups -OCH3 is 1. The van der Waals surface area contributed by atoms with E-state index in [0.29, 0.717) is 6.61 Å². The van der Waals surface area contributed by atoms with Crippen LogP contribution in [0.2, 0.25) is 0 Å². The quantitative estimate of drug-likeness (QED) is 0.413. The van der Waals surface area contributed by atoms with Crippen LogP contribution in [0, 0.1) is 0 Å². The molecule has 0 saturated carbocycles. The van der Waals surface area contributed by atoms with Crippen molar-refractivity contribution in [1.82, 2.24) is 0 Å². The van der Waals surface area contributed by atoms with Crippen molar-refractivity contribution in [1.29, 1.82) is 0 Å². The van der Waals surface area contributed by atoms with E-state index < -0.39 is 0 Å². The Balaban J connectivity index is 3.47. The van der Waals surface area contributed by atoms with Crippen molar-refractivity contribution in [2.45, 2.75) is 64.4 Å². The highest BCUT2D eigenvalue weighted by Crippen LogP contribution is 2.10. The summed E-state index contributed by atoms with van der Waals surface area (Å²) in [4.78, 5) is 0. The van der Waals surface area contributed by atoms with Gasteiger partial charge in [0.15, 0.2) is 0 Å². The minimum atomic E-state index is -0.339. The van der Waals surface area contributed by atoms with Crippen molar-refractivity contribution in [2.24, 2.45) is 0 Å². The molecule has 0 radical (unpaired) electrons. The number of hydrogen-bond donors (Lipinski definition) is 1. The summed E-state index contributed by atoms with van der Waals surface area (Å²) >= 11 is 0. The standard InChI is InChI=1S/C16H36NO2/c1-5-6-7-8-9-10-11-12-13-17(2,3)14-16(18)15-19-4/h16,18H,5-15H2,1-4H3/q+1. The summed E-state index contributed by atoms with van der Waals surface area (Å²) in [6, 6.07) is 0. The Hall–Kier alpha value is -0.120. The molecule has 0 bridgehead atoms. The molecule has 3 heteroatoms. The zero-order valence-electron chi connectivity index (χ0n) is 13.7. The highest BCUT2D eigenvalue weighted by atomic mass is 16.5. The Kier molecular flexibility index (Phi) is 11.6. The lowest BCUT2D eigenvalue weighted by Gasteiger charge is -2.31. The third-order valence-corrected chi connectivity index (χ3v) is 3.68. The Labute approximate surface area is 120 Å². The molecule has 0 aromatic rings. The molecule has 1 unspecified atom stereocenters. The summed E-state index contributed by atoms with van der Waals surface area (Å²) in [6.45, 7) is 4.64. The highest BCUT2D eigenvalue weighted by molar-refractivity contribution is 4.52. The number of nitrogens with zero attached hydrogens (tertiary/aromatic N) is 1. The molecule has 3 nitrogen and oxygen atoms in total. The van der Waals surface area contributed by atoms with Gasteiger partial charge in [-0.05, 0) is 12.8 Å². The zero-order valence-corrected chi connectivity index (χ0v) is 13.7. The minimum Gasteiger partial charge on any atom is -0.385 e. The summed E-state index contributed by atoms with van der Waals surface area (Å²) in [5.74, 6) is 0. The molecule has 0 fully saturated rings. The van der Waals surface area contributed by atoms with Gasteiger partial charge in [0.05, 0.1) is 27.2 Å². The third kappa shape index (κ3) is 12.6. The molecule has 0 spiro atoms. The van der Waals surface area contributed by atoms with Crippen molar-refractivity contribution >= 4 is 0 Å². The van der Waals surface area contributed by atoms with Gasteiger partial charge in [-0.15, -0.1) is 0 Å². The average molecular weight is 274 g/mol. The van der Waals surface area contributed by atoms with Crippen LogP contribution < -0.4 is 0 Å². The number of rotatable bonds is 13. The fraction of sp³-hybridized carbons (Fsp3) is 1.00. The predicted octanol–water partition coefficient (Wildman–Crippen LogP) is 3.21. The topological polar surface area (TPSA) is 29.5 Å². The van der Waals surface area contributed by atoms with Crippen molar-refractivity contribution in [2.75, 3.05) is 40.9 Å². The van der Waals surface area contributed by atoms with Gasteiger partial charge in [0.2, 0.25) is 0 Å². The van der Waals surface area contributed by atoms with E-state index in [4.69, 9.17) is 4.74 Å². The molecule has 116 valence electrons. The van der Waals surface area contributed by atoms with Crippen LogP contribution in [-0.4, -0.2) is 56.6 Å². The van der Waals surface area contributed by atoms with Gasteiger partial charge in [-0.3, -0.25) is 0 Å². The van der Waals surface area contributed by atoms with Crippen molar-refractivity contribution in [3.63, 3.8) is 0 Å². The first-order valence-electron chi connectivity index (χ1n) is 8.01. The van der Waals surface area contributed by atoms with Crippen molar-refractivity contribution in [3.8, 4) is 0 Å². The molecule has 0 rings (SSSR count). The third-order valence-electron chi connectivity index (χ3n) is 3.68. The van der Waals surface area contributed by atoms with Crippen LogP contribution >= 0.6 is 0 Å². The molecule has 0 amide bonds. The fourth-order valence-corrected chi connectivity index (χ4v) is 2.58. The number of ether oxygens (including phenoxy) is 1. The summed E-state index contributed by atoms with van der Waals surface area (Å²) < 4.78 is 5.87. The summed E-state index contributed by atoms with van der Waals surface area (Å²) in [5.41, 5.74) is 0. The molecule has 0 aliphatic heterocycles. The first-order chi connectivity index (χ1) is 9.02. The number of quaternary nitrogens is 1. The lowest BCUT2D eigenvalue weighted by atomic mass is 10.1. The predicted molar refractivity (Wildman–Crippen MR) is 82.3 cm³/mol. The van der Waals surface area contributed by atoms with Gasteiger partial charge in [-0.25, -0.2) is 0 Å². The molecule has 19 heavy (non-hydrogen) atoms. The van der Waals surface area contributed by atoms with E-state index in [1.807, 2.05) is 0 Å². The SMILES string of the molecule is CCCCCCCCCC[N+](C)(C)CC(O)COC. The molecule has 0 saturated heterocycles. The molecule has 1 N–H and O–H groups in total. The zero-order chi connectivity index (χ0) is 14.6. The number of hydrogen-bond acceptors (Lipinski definition) is 2. The Morgan fingerprint density at radius 2 is 1.47 bits per heavy atom. The molecule has 0 aromatic carbocycles. The first-order valence-corrected chi connectivity index (χ1v) is 8.01. The minimum absolute atomic E-state index is 0.339. The van der Waals surface area contributed by atoms with Crippen molar-refractivity contribution < 1.29 is 14.3 Å². The van der Waals surface area contributed by atoms with Crippen LogP contribution in [0.4, 0.5) is 0 Å². The smallest absolute Gasteiger partial charge is 0.126 e. The van der Waals surface area contributed by atoms with Gasteiger partial charge in [0.25, 0.3) is 0 Å². The number of aliphatic hydroxyl groups excluding tert-OH is 1. The second-order valence-electron chi connectivity index (χ2n) is 6.43. The van der Waals surface area contributed by atoms with Gasteiger partial charge in [-0.2, -0.15) is 0 Å². The van der Waals surface area contributed by atoms with Crippen molar-refractivity contribution in [3.05, 3.63) is 0 Å². The summed E-state index contributed by atoms with van der Waals surface area (Å²) in [7, 11) is 6.03. The van der Waals surface area contributed by atoms with Gasteiger partial charge in [0.1, 0.15) is 12.6 Å². The van der Waals surface area contributed by atoms with E-state index in [1.165, 1.54) is 51.4 Å². The Morgan fingerprint density at radius 1 is 0.947 bits per heavy atom. The largest absolute Gasteiger partial charge is 0.385 e. The van der Waals surface area contributed by atoms with Gasteiger partial charge >= 0.3 is 0 Å². The molecular weight excluding hydrogens is 238 g/mol. The molecule has 1 atom stereocenters. The molecule has 0 aliphatic carbocycles. The second kappa shape index (κ2) is 11.7. The monoisotopic (exact) mass is 274 g/mol. The van der Waals surface area contributed by atoms with E-state index in [0.717, 1.165) is 17.6 Å². The number of likely N-dealkylation sites (N-methyl/N-ethyl adjacent to an activating group) is 1. The molecule has 0 heterocycles. The number of unbranched alkanes of at least 4 members (excludes halogenated alkanes) is 7. The van der Waals surface area contributed by atoms with Gasteiger partial charge in [-0.1, -0.05) is 45.4 Å². The van der Waals surface area contributed by atoms with Crippen LogP contribution in [-0.2, 0) is 4.74 Å². The maximum atomic E-state index is 9.77. The van der Waals surface area contributed by atoms with E-state index >= 15 is 0 Å². The number of aliphatic hydroxyl groups is 1. The Bertz CT molecular complexity index is 195. The van der Waals surface area contributed by atoms with Gasteiger partial charge < -0.3 is 14.3 Å². The molecular formula is C16H36NO2+. The van der Waals surface area contributed by atoms with E-state index in [9.17, 15) is 5.11 Å². The van der Waals surface area contributed by atoms with Crippen LogP contribution in [0.25, 0.3) is 0 Å². The lowest BCUT2D eigenvalue weighted by molar-refractivity contribution is -0.893. The normalized spacial score (nSPS) is 13.7. The van der Waals surface area contributed by atoms with E-state index in [2.05, 4.69) is 21.0 Å². The van der Waals surface area contributed by atoms with Crippen LogP contribution in [0.5, 0.6) is 0 Å². The molecule has 0 aromatic heterocycles. The van der Waals surface area contributed by atoms with E-state index in [1.54, 1.807) is 7.11 Å². The van der Waals surface area contributed by atoms with Gasteiger partial charge in [0, 0.05) is 7.11 Å². The maximum Gasteiger partial charge on any atom is 0.126 e. The maximum absolute atomic E-state index is 9.77. The van der Waals surface area contributed by atoms with E-state index in [-0.39, 0.29) is 6.10 Å². The summed E-state index contributed by atoms with van der Waals surface area (Å²) in [5, 5.41) is 9.77.